The zero-order chi connectivity index (χ0) is 27.1. The molecule has 2 aliphatic heterocycles. The number of carbonyl (C=O) groups is 4. The zero-order valence-electron chi connectivity index (χ0n) is 20.3. The van der Waals surface area contributed by atoms with E-state index in [0.717, 1.165) is 12.1 Å². The maximum absolute atomic E-state index is 13.4. The van der Waals surface area contributed by atoms with Gasteiger partial charge in [-0.2, -0.15) is 13.2 Å². The number of anilines is 1. The Kier molecular flexibility index (Phi) is 6.74. The lowest BCUT2D eigenvalue weighted by atomic mass is 9.85. The monoisotopic (exact) mass is 517 g/mol. The fraction of sp³-hybridized carbons (Fsp3) is 0.385. The molecule has 8 nitrogen and oxygen atoms in total. The largest absolute Gasteiger partial charge is 0.481 e. The van der Waals surface area contributed by atoms with Crippen LogP contribution in [0.5, 0.6) is 0 Å². The molecule has 0 aliphatic carbocycles. The summed E-state index contributed by atoms with van der Waals surface area (Å²) in [6, 6.07) is 8.28. The van der Waals surface area contributed by atoms with Crippen LogP contribution in [0, 0.1) is 5.41 Å². The number of carboxylic acid groups (broad SMARTS) is 1. The van der Waals surface area contributed by atoms with Crippen molar-refractivity contribution in [1.29, 1.82) is 0 Å². The Morgan fingerprint density at radius 2 is 1.73 bits per heavy atom. The van der Waals surface area contributed by atoms with E-state index in [1.807, 2.05) is 0 Å². The summed E-state index contributed by atoms with van der Waals surface area (Å²) in [5, 5.41) is 11.8. The van der Waals surface area contributed by atoms with E-state index >= 15 is 0 Å². The molecule has 196 valence electrons. The predicted molar refractivity (Wildman–Crippen MR) is 128 cm³/mol. The molecule has 11 heteroatoms. The maximum atomic E-state index is 13.4. The lowest BCUT2D eigenvalue weighted by Gasteiger charge is -2.40. The Labute approximate surface area is 211 Å². The summed E-state index contributed by atoms with van der Waals surface area (Å²) < 4.78 is 39.5. The van der Waals surface area contributed by atoms with Crippen molar-refractivity contribution < 1.29 is 37.5 Å². The van der Waals surface area contributed by atoms with Crippen LogP contribution in [0.25, 0.3) is 11.1 Å². The number of amides is 3. The average molecular weight is 518 g/mol. The minimum atomic E-state index is -4.52. The van der Waals surface area contributed by atoms with Crippen LogP contribution in [0.3, 0.4) is 0 Å². The SMILES string of the molecule is CC(C)(CC(=O)O)CC(=O)N1CCN2C(=O)c3cc(-c4cccc(C(F)(F)F)c4)ccc3NC(=O)[C@@H]2C1. The van der Waals surface area contributed by atoms with Gasteiger partial charge in [0.25, 0.3) is 5.91 Å². The van der Waals surface area contributed by atoms with Gasteiger partial charge in [0.05, 0.1) is 29.8 Å². The minimum absolute atomic E-state index is 0.0256. The number of hydrogen-bond donors (Lipinski definition) is 2. The van der Waals surface area contributed by atoms with Crippen molar-refractivity contribution in [1.82, 2.24) is 9.80 Å². The van der Waals surface area contributed by atoms with Gasteiger partial charge in [-0.3, -0.25) is 19.2 Å². The summed E-state index contributed by atoms with van der Waals surface area (Å²) in [5.74, 6) is -2.27. The fourth-order valence-electron chi connectivity index (χ4n) is 4.73. The Bertz CT molecular complexity index is 1270. The van der Waals surface area contributed by atoms with Gasteiger partial charge in [0.2, 0.25) is 11.8 Å². The molecule has 0 aromatic heterocycles. The first-order valence-corrected chi connectivity index (χ1v) is 11.7. The van der Waals surface area contributed by atoms with Gasteiger partial charge < -0.3 is 20.2 Å². The second-order valence-electron chi connectivity index (χ2n) is 10.1. The molecule has 1 saturated heterocycles. The third kappa shape index (κ3) is 5.60. The highest BCUT2D eigenvalue weighted by Gasteiger charge is 2.41. The topological polar surface area (TPSA) is 107 Å². The molecule has 2 heterocycles. The second kappa shape index (κ2) is 9.53. The number of aliphatic carboxylic acids is 1. The first-order chi connectivity index (χ1) is 17.2. The lowest BCUT2D eigenvalue weighted by Crippen LogP contribution is -2.59. The number of benzene rings is 2. The standard InChI is InChI=1S/C26H26F3N3O5/c1-25(2,13-22(34)35)12-21(33)31-8-9-32-20(14-31)23(36)30-19-7-6-16(11-18(19)24(32)37)15-4-3-5-17(10-15)26(27,28)29/h3-7,10-11,20H,8-9,12-14H2,1-2H3,(H,30,36)(H,34,35)/t20-/m0/s1. The number of piperazine rings is 1. The van der Waals surface area contributed by atoms with Crippen LogP contribution in [-0.2, 0) is 20.6 Å². The quantitative estimate of drug-likeness (QED) is 0.626. The van der Waals surface area contributed by atoms with Crippen LogP contribution in [0.1, 0.15) is 42.6 Å². The van der Waals surface area contributed by atoms with Crippen molar-refractivity contribution in [3.63, 3.8) is 0 Å². The van der Waals surface area contributed by atoms with Gasteiger partial charge in [0.15, 0.2) is 0 Å². The van der Waals surface area contributed by atoms with Crippen molar-refractivity contribution in [2.24, 2.45) is 5.41 Å². The molecule has 37 heavy (non-hydrogen) atoms. The van der Waals surface area contributed by atoms with Gasteiger partial charge in [0, 0.05) is 19.5 Å². The molecule has 0 radical (unpaired) electrons. The Balaban J connectivity index is 1.57. The average Bonchev–Trinajstić information content (AvgIpc) is 2.91. The van der Waals surface area contributed by atoms with E-state index in [2.05, 4.69) is 5.32 Å². The van der Waals surface area contributed by atoms with E-state index in [4.69, 9.17) is 5.11 Å². The van der Waals surface area contributed by atoms with Crippen molar-refractivity contribution in [2.75, 3.05) is 25.0 Å². The van der Waals surface area contributed by atoms with E-state index in [1.165, 1.54) is 40.1 Å². The summed E-state index contributed by atoms with van der Waals surface area (Å²) in [6.45, 7) is 3.55. The van der Waals surface area contributed by atoms with Crippen LogP contribution in [0.2, 0.25) is 0 Å². The number of halogens is 3. The number of fused-ring (bicyclic) bond motifs is 2. The van der Waals surface area contributed by atoms with Gasteiger partial charge in [-0.25, -0.2) is 0 Å². The molecule has 2 N–H and O–H groups in total. The highest BCUT2D eigenvalue weighted by molar-refractivity contribution is 6.10. The van der Waals surface area contributed by atoms with E-state index in [0.29, 0.717) is 5.56 Å². The fourth-order valence-corrected chi connectivity index (χ4v) is 4.73. The first-order valence-electron chi connectivity index (χ1n) is 11.7. The minimum Gasteiger partial charge on any atom is -0.481 e. The molecule has 2 aromatic rings. The summed E-state index contributed by atoms with van der Waals surface area (Å²) in [4.78, 5) is 53.3. The summed E-state index contributed by atoms with van der Waals surface area (Å²) in [5.41, 5.74) is -0.546. The summed E-state index contributed by atoms with van der Waals surface area (Å²) in [6.07, 6.45) is -4.73. The smallest absolute Gasteiger partial charge is 0.416 e. The van der Waals surface area contributed by atoms with E-state index in [1.54, 1.807) is 13.8 Å². The molecule has 3 amide bonds. The highest BCUT2D eigenvalue weighted by Crippen LogP contribution is 2.35. The molecule has 0 bridgehead atoms. The molecular weight excluding hydrogens is 491 g/mol. The van der Waals surface area contributed by atoms with Gasteiger partial charge in [-0.05, 0) is 40.8 Å². The Morgan fingerprint density at radius 3 is 2.41 bits per heavy atom. The third-order valence-electron chi connectivity index (χ3n) is 6.59. The van der Waals surface area contributed by atoms with E-state index < -0.39 is 41.0 Å². The van der Waals surface area contributed by atoms with Crippen molar-refractivity contribution in [3.8, 4) is 11.1 Å². The number of alkyl halides is 3. The van der Waals surface area contributed by atoms with Crippen LogP contribution in [0.15, 0.2) is 42.5 Å². The molecule has 1 fully saturated rings. The molecular formula is C26H26F3N3O5. The lowest BCUT2D eigenvalue weighted by molar-refractivity contribution is -0.142. The van der Waals surface area contributed by atoms with Crippen molar-refractivity contribution in [2.45, 2.75) is 38.9 Å². The molecule has 1 atom stereocenters. The summed E-state index contributed by atoms with van der Waals surface area (Å²) in [7, 11) is 0. The van der Waals surface area contributed by atoms with Gasteiger partial charge in [0.1, 0.15) is 6.04 Å². The number of nitrogens with one attached hydrogen (secondary N) is 1. The number of hydrogen-bond acceptors (Lipinski definition) is 4. The normalized spacial score (nSPS) is 18.0. The van der Waals surface area contributed by atoms with Gasteiger partial charge in [-0.1, -0.05) is 32.0 Å². The number of carboxylic acids is 1. The molecule has 0 unspecified atom stereocenters. The van der Waals surface area contributed by atoms with Crippen LogP contribution in [-0.4, -0.2) is 64.3 Å². The molecule has 2 aromatic carbocycles. The molecule has 2 aliphatic rings. The van der Waals surface area contributed by atoms with Crippen molar-refractivity contribution in [3.05, 3.63) is 53.6 Å². The van der Waals surface area contributed by atoms with E-state index in [-0.39, 0.29) is 55.2 Å². The zero-order valence-corrected chi connectivity index (χ0v) is 20.3. The Morgan fingerprint density at radius 1 is 1.03 bits per heavy atom. The molecule has 0 spiro atoms. The van der Waals surface area contributed by atoms with Gasteiger partial charge >= 0.3 is 12.1 Å². The van der Waals surface area contributed by atoms with Crippen LogP contribution >= 0.6 is 0 Å². The molecule has 0 saturated carbocycles. The van der Waals surface area contributed by atoms with Crippen LogP contribution in [0.4, 0.5) is 18.9 Å². The number of rotatable bonds is 5. The van der Waals surface area contributed by atoms with Gasteiger partial charge in [-0.15, -0.1) is 0 Å². The number of nitrogens with zero attached hydrogens (tertiary/aromatic N) is 2. The molecule has 4 rings (SSSR count). The third-order valence-corrected chi connectivity index (χ3v) is 6.59. The highest BCUT2D eigenvalue weighted by atomic mass is 19.4. The summed E-state index contributed by atoms with van der Waals surface area (Å²) >= 11 is 0. The Hall–Kier alpha value is -3.89. The van der Waals surface area contributed by atoms with E-state index in [9.17, 15) is 32.3 Å². The maximum Gasteiger partial charge on any atom is 0.416 e. The first kappa shape index (κ1) is 26.2. The second-order valence-corrected chi connectivity index (χ2v) is 10.1. The van der Waals surface area contributed by atoms with Crippen LogP contribution < -0.4 is 5.32 Å². The predicted octanol–water partition coefficient (Wildman–Crippen LogP) is 3.87. The van der Waals surface area contributed by atoms with Crippen molar-refractivity contribution >= 4 is 29.4 Å². The number of carbonyl (C=O) groups excluding carboxylic acids is 3.